The summed E-state index contributed by atoms with van der Waals surface area (Å²) in [6, 6.07) is 5.03. The number of anilines is 1. The molecule has 6 heteroatoms. The highest BCUT2D eigenvalue weighted by atomic mass is 16.5. The summed E-state index contributed by atoms with van der Waals surface area (Å²) in [6.45, 7) is 2.05. The van der Waals surface area contributed by atoms with Gasteiger partial charge in [0.25, 0.3) is 0 Å². The second-order valence-electron chi connectivity index (χ2n) is 5.45. The van der Waals surface area contributed by atoms with Gasteiger partial charge in [0.05, 0.1) is 18.2 Å². The average molecular weight is 292 g/mol. The molecule has 0 spiro atoms. The first-order valence-electron chi connectivity index (χ1n) is 6.90. The number of aryl methyl sites for hydroxylation is 1. The maximum Gasteiger partial charge on any atom is 0.319 e. The summed E-state index contributed by atoms with van der Waals surface area (Å²) in [5.41, 5.74) is 0.758. The number of methoxy groups -OCH3 is 1. The number of carboxylic acid groups (broad SMARTS) is 1. The normalized spacial score (nSPS) is 15.7. The number of ether oxygens (including phenoxy) is 1. The minimum atomic E-state index is -0.845. The van der Waals surface area contributed by atoms with E-state index in [-0.39, 0.29) is 6.54 Å². The van der Waals surface area contributed by atoms with Crippen LogP contribution in [0.2, 0.25) is 0 Å². The van der Waals surface area contributed by atoms with Gasteiger partial charge in [0.15, 0.2) is 0 Å². The van der Waals surface area contributed by atoms with Gasteiger partial charge in [-0.25, -0.2) is 4.79 Å². The fourth-order valence-electron chi connectivity index (χ4n) is 2.41. The van der Waals surface area contributed by atoms with Crippen LogP contribution in [-0.2, 0) is 4.79 Å². The third kappa shape index (κ3) is 3.26. The Hall–Kier alpha value is -2.24. The summed E-state index contributed by atoms with van der Waals surface area (Å²) in [5, 5.41) is 14.5. The van der Waals surface area contributed by atoms with Crippen molar-refractivity contribution in [2.24, 2.45) is 5.41 Å². The van der Waals surface area contributed by atoms with Crippen molar-refractivity contribution in [3.63, 3.8) is 0 Å². The van der Waals surface area contributed by atoms with E-state index in [9.17, 15) is 14.7 Å². The van der Waals surface area contributed by atoms with E-state index in [4.69, 9.17) is 4.74 Å². The van der Waals surface area contributed by atoms with Crippen LogP contribution >= 0.6 is 0 Å². The summed E-state index contributed by atoms with van der Waals surface area (Å²) < 4.78 is 5.18. The van der Waals surface area contributed by atoms with Gasteiger partial charge in [-0.05, 0) is 37.5 Å². The highest BCUT2D eigenvalue weighted by molar-refractivity contribution is 5.91. The van der Waals surface area contributed by atoms with Crippen molar-refractivity contribution < 1.29 is 19.4 Å². The fraction of sp³-hybridized carbons (Fsp3) is 0.467. The Labute approximate surface area is 123 Å². The zero-order chi connectivity index (χ0) is 15.5. The van der Waals surface area contributed by atoms with Crippen LogP contribution in [0, 0.1) is 12.3 Å². The molecule has 1 aliphatic rings. The van der Waals surface area contributed by atoms with Crippen LogP contribution in [0.4, 0.5) is 10.5 Å². The lowest BCUT2D eigenvalue weighted by atomic mass is 9.69. The molecule has 1 fully saturated rings. The summed E-state index contributed by atoms with van der Waals surface area (Å²) in [4.78, 5) is 23.2. The van der Waals surface area contributed by atoms with E-state index in [1.165, 1.54) is 7.11 Å². The molecule has 0 unspecified atom stereocenters. The Kier molecular flexibility index (Phi) is 4.35. The third-order valence-electron chi connectivity index (χ3n) is 3.95. The molecule has 0 bridgehead atoms. The lowest BCUT2D eigenvalue weighted by Crippen LogP contribution is -2.48. The smallest absolute Gasteiger partial charge is 0.319 e. The molecule has 21 heavy (non-hydrogen) atoms. The molecule has 1 saturated carbocycles. The Morgan fingerprint density at radius 3 is 2.62 bits per heavy atom. The van der Waals surface area contributed by atoms with Gasteiger partial charge in [-0.1, -0.05) is 12.5 Å². The van der Waals surface area contributed by atoms with Gasteiger partial charge in [-0.2, -0.15) is 0 Å². The molecule has 0 atom stereocenters. The van der Waals surface area contributed by atoms with E-state index in [1.807, 2.05) is 13.0 Å². The molecular formula is C15H20N2O4. The number of nitrogens with one attached hydrogen (secondary N) is 2. The largest absolute Gasteiger partial charge is 0.495 e. The average Bonchev–Trinajstić information content (AvgIpc) is 2.37. The van der Waals surface area contributed by atoms with Gasteiger partial charge in [0, 0.05) is 6.54 Å². The summed E-state index contributed by atoms with van der Waals surface area (Å²) in [5.74, 6) is -0.283. The highest BCUT2D eigenvalue weighted by Crippen LogP contribution is 2.40. The maximum atomic E-state index is 11.9. The van der Waals surface area contributed by atoms with Crippen molar-refractivity contribution in [2.75, 3.05) is 19.0 Å². The standard InChI is InChI=1S/C15H20N2O4/c1-10-4-5-12(21-2)11(8-10)17-14(20)16-9-15(13(18)19)6-3-7-15/h4-5,8H,3,6-7,9H2,1-2H3,(H,18,19)(H2,16,17,20). The van der Waals surface area contributed by atoms with Gasteiger partial charge in [0.1, 0.15) is 5.75 Å². The molecule has 0 aliphatic heterocycles. The Morgan fingerprint density at radius 1 is 1.38 bits per heavy atom. The van der Waals surface area contributed by atoms with Gasteiger partial charge >= 0.3 is 12.0 Å². The topological polar surface area (TPSA) is 87.7 Å². The van der Waals surface area contributed by atoms with E-state index in [1.54, 1.807) is 12.1 Å². The first-order valence-corrected chi connectivity index (χ1v) is 6.90. The lowest BCUT2D eigenvalue weighted by molar-refractivity contribution is -0.153. The number of hydrogen-bond acceptors (Lipinski definition) is 3. The molecule has 0 heterocycles. The molecule has 2 rings (SSSR count). The molecule has 2 amide bonds. The molecule has 3 N–H and O–H groups in total. The number of hydrogen-bond donors (Lipinski definition) is 3. The van der Waals surface area contributed by atoms with Gasteiger partial charge < -0.3 is 20.5 Å². The van der Waals surface area contributed by atoms with Crippen molar-refractivity contribution in [3.8, 4) is 5.75 Å². The molecule has 0 radical (unpaired) electrons. The van der Waals surface area contributed by atoms with Crippen molar-refractivity contribution in [2.45, 2.75) is 26.2 Å². The van der Waals surface area contributed by atoms with Crippen molar-refractivity contribution >= 4 is 17.7 Å². The monoisotopic (exact) mass is 292 g/mol. The number of carbonyl (C=O) groups is 2. The molecule has 0 saturated heterocycles. The van der Waals surface area contributed by atoms with Crippen LogP contribution in [0.3, 0.4) is 0 Å². The quantitative estimate of drug-likeness (QED) is 0.777. The predicted molar refractivity (Wildman–Crippen MR) is 78.7 cm³/mol. The third-order valence-corrected chi connectivity index (χ3v) is 3.95. The van der Waals surface area contributed by atoms with Gasteiger partial charge in [0.2, 0.25) is 0 Å². The molecule has 1 aromatic rings. The molecule has 0 aromatic heterocycles. The Morgan fingerprint density at radius 2 is 2.10 bits per heavy atom. The number of carboxylic acids is 1. The molecule has 114 valence electrons. The zero-order valence-electron chi connectivity index (χ0n) is 12.2. The zero-order valence-corrected chi connectivity index (χ0v) is 12.2. The molecule has 1 aromatic carbocycles. The summed E-state index contributed by atoms with van der Waals surface area (Å²) in [6.07, 6.45) is 2.11. The van der Waals surface area contributed by atoms with E-state index in [0.29, 0.717) is 24.3 Å². The van der Waals surface area contributed by atoms with Gasteiger partial charge in [-0.15, -0.1) is 0 Å². The van der Waals surface area contributed by atoms with Crippen LogP contribution in [0.15, 0.2) is 18.2 Å². The first kappa shape index (κ1) is 15.2. The van der Waals surface area contributed by atoms with Crippen LogP contribution in [-0.4, -0.2) is 30.8 Å². The minimum Gasteiger partial charge on any atom is -0.495 e. The Balaban J connectivity index is 1.96. The summed E-state index contributed by atoms with van der Waals surface area (Å²) >= 11 is 0. The predicted octanol–water partition coefficient (Wildman–Crippen LogP) is 2.38. The van der Waals surface area contributed by atoms with Crippen LogP contribution in [0.5, 0.6) is 5.75 Å². The molecule has 6 nitrogen and oxygen atoms in total. The lowest BCUT2D eigenvalue weighted by Gasteiger charge is -2.37. The van der Waals surface area contributed by atoms with E-state index >= 15 is 0 Å². The number of aliphatic carboxylic acids is 1. The maximum absolute atomic E-state index is 11.9. The van der Waals surface area contributed by atoms with E-state index in [2.05, 4.69) is 10.6 Å². The second kappa shape index (κ2) is 6.03. The van der Waals surface area contributed by atoms with Crippen LogP contribution in [0.1, 0.15) is 24.8 Å². The number of rotatable bonds is 5. The first-order chi connectivity index (χ1) is 9.97. The van der Waals surface area contributed by atoms with Crippen molar-refractivity contribution in [1.82, 2.24) is 5.32 Å². The van der Waals surface area contributed by atoms with E-state index < -0.39 is 17.4 Å². The minimum absolute atomic E-state index is 0.141. The highest BCUT2D eigenvalue weighted by Gasteiger charge is 2.44. The Bertz CT molecular complexity index is 553. The number of benzene rings is 1. The van der Waals surface area contributed by atoms with Crippen molar-refractivity contribution in [1.29, 1.82) is 0 Å². The van der Waals surface area contributed by atoms with Gasteiger partial charge in [-0.3, -0.25) is 4.79 Å². The van der Waals surface area contributed by atoms with Crippen molar-refractivity contribution in [3.05, 3.63) is 23.8 Å². The molecule has 1 aliphatic carbocycles. The second-order valence-corrected chi connectivity index (χ2v) is 5.45. The van der Waals surface area contributed by atoms with E-state index in [0.717, 1.165) is 12.0 Å². The SMILES string of the molecule is COc1ccc(C)cc1NC(=O)NCC1(C(=O)O)CCC1. The van der Waals surface area contributed by atoms with Crippen LogP contribution < -0.4 is 15.4 Å². The van der Waals surface area contributed by atoms with Crippen LogP contribution in [0.25, 0.3) is 0 Å². The number of amides is 2. The fourth-order valence-corrected chi connectivity index (χ4v) is 2.41. The summed E-state index contributed by atoms with van der Waals surface area (Å²) in [7, 11) is 1.53. The molecular weight excluding hydrogens is 272 g/mol. The number of urea groups is 1. The number of carbonyl (C=O) groups excluding carboxylic acids is 1.